The van der Waals surface area contributed by atoms with Gasteiger partial charge in [-0.1, -0.05) is 31.4 Å². The second-order valence-corrected chi connectivity index (χ2v) is 9.91. The summed E-state index contributed by atoms with van der Waals surface area (Å²) < 4.78 is 27.7. The van der Waals surface area contributed by atoms with Gasteiger partial charge in [-0.25, -0.2) is 8.42 Å². The Kier molecular flexibility index (Phi) is 7.36. The molecule has 0 spiro atoms. The number of hydrogen-bond donors (Lipinski definition) is 1. The summed E-state index contributed by atoms with van der Waals surface area (Å²) in [5.41, 5.74) is 0.332. The van der Waals surface area contributed by atoms with Gasteiger partial charge in [0, 0.05) is 31.2 Å². The Morgan fingerprint density at radius 2 is 1.86 bits per heavy atom. The first-order chi connectivity index (χ1) is 13.4. The van der Waals surface area contributed by atoms with Gasteiger partial charge in [0.25, 0.3) is 5.91 Å². The number of benzene rings is 1. The number of carbonyl (C=O) groups excluding carboxylic acids is 1. The first-order valence-electron chi connectivity index (χ1n) is 10.3. The number of hydrogen-bond acceptors (Lipinski definition) is 4. The van der Waals surface area contributed by atoms with E-state index in [2.05, 4.69) is 17.1 Å². The summed E-state index contributed by atoms with van der Waals surface area (Å²) in [5, 5.41) is 3.12. The van der Waals surface area contributed by atoms with Crippen LogP contribution in [-0.4, -0.2) is 62.3 Å². The molecule has 2 heterocycles. The number of nitrogens with zero attached hydrogens (tertiary/aromatic N) is 2. The molecule has 2 fully saturated rings. The highest BCUT2D eigenvalue weighted by Gasteiger charge is 2.28. The maximum Gasteiger partial charge on any atom is 0.251 e. The van der Waals surface area contributed by atoms with Crippen molar-refractivity contribution in [2.75, 3.05) is 32.7 Å². The Morgan fingerprint density at radius 3 is 2.54 bits per heavy atom. The van der Waals surface area contributed by atoms with Gasteiger partial charge in [0.2, 0.25) is 10.0 Å². The molecular formula is C20H30ClN3O3S. The van der Waals surface area contributed by atoms with E-state index in [0.29, 0.717) is 31.2 Å². The van der Waals surface area contributed by atoms with Crippen molar-refractivity contribution in [3.8, 4) is 0 Å². The maximum atomic E-state index is 13.1. The van der Waals surface area contributed by atoms with Crippen LogP contribution in [0.5, 0.6) is 0 Å². The molecule has 6 nitrogen and oxygen atoms in total. The lowest BCUT2D eigenvalue weighted by atomic mass is 10.2. The zero-order valence-electron chi connectivity index (χ0n) is 16.5. The molecule has 1 N–H and O–H groups in total. The van der Waals surface area contributed by atoms with Crippen LogP contribution in [0.1, 0.15) is 55.8 Å². The largest absolute Gasteiger partial charge is 0.350 e. The minimum atomic E-state index is -3.70. The zero-order valence-corrected chi connectivity index (χ0v) is 18.1. The van der Waals surface area contributed by atoms with E-state index >= 15 is 0 Å². The van der Waals surface area contributed by atoms with Crippen LogP contribution in [0.15, 0.2) is 23.1 Å². The van der Waals surface area contributed by atoms with Crippen LogP contribution < -0.4 is 5.32 Å². The van der Waals surface area contributed by atoms with Gasteiger partial charge < -0.3 is 5.32 Å². The molecule has 28 heavy (non-hydrogen) atoms. The molecule has 1 atom stereocenters. The Balaban J connectivity index is 1.74. The molecular weight excluding hydrogens is 398 g/mol. The number of carbonyl (C=O) groups is 1. The van der Waals surface area contributed by atoms with Gasteiger partial charge >= 0.3 is 0 Å². The summed E-state index contributed by atoms with van der Waals surface area (Å²) in [6.45, 7) is 5.74. The van der Waals surface area contributed by atoms with Crippen molar-refractivity contribution >= 4 is 27.5 Å². The summed E-state index contributed by atoms with van der Waals surface area (Å²) in [5.74, 6) is -0.257. The summed E-state index contributed by atoms with van der Waals surface area (Å²) >= 11 is 6.22. The lowest BCUT2D eigenvalue weighted by molar-refractivity contribution is 0.0941. The third kappa shape index (κ3) is 4.87. The fourth-order valence-electron chi connectivity index (χ4n) is 4.12. The van der Waals surface area contributed by atoms with Crippen molar-refractivity contribution in [2.24, 2.45) is 0 Å². The van der Waals surface area contributed by atoms with Crippen molar-refractivity contribution in [3.63, 3.8) is 0 Å². The fourth-order valence-corrected chi connectivity index (χ4v) is 6.14. The average Bonchev–Trinajstić information content (AvgIpc) is 2.96. The van der Waals surface area contributed by atoms with E-state index in [1.165, 1.54) is 16.4 Å². The summed E-state index contributed by atoms with van der Waals surface area (Å²) in [6.07, 6.45) is 6.01. The highest BCUT2D eigenvalue weighted by molar-refractivity contribution is 7.89. The second-order valence-electron chi connectivity index (χ2n) is 7.60. The maximum absolute atomic E-state index is 13.1. The first kappa shape index (κ1) is 21.6. The first-order valence-corrected chi connectivity index (χ1v) is 12.1. The zero-order chi connectivity index (χ0) is 20.1. The third-order valence-corrected chi connectivity index (χ3v) is 8.16. The number of rotatable bonds is 6. The minimum Gasteiger partial charge on any atom is -0.350 e. The third-order valence-electron chi connectivity index (χ3n) is 5.78. The fraction of sp³-hybridized carbons (Fsp3) is 0.650. The average molecular weight is 428 g/mol. The molecule has 2 saturated heterocycles. The lowest BCUT2D eigenvalue weighted by Gasteiger charge is -2.23. The molecule has 2 aliphatic rings. The van der Waals surface area contributed by atoms with Gasteiger partial charge in [-0.2, -0.15) is 4.31 Å². The number of nitrogens with one attached hydrogen (secondary N) is 1. The molecule has 1 aromatic rings. The molecule has 156 valence electrons. The van der Waals surface area contributed by atoms with Gasteiger partial charge in [-0.05, 0) is 57.0 Å². The van der Waals surface area contributed by atoms with E-state index in [9.17, 15) is 13.2 Å². The number of amides is 1. The molecule has 2 aliphatic heterocycles. The Morgan fingerprint density at radius 1 is 1.14 bits per heavy atom. The molecule has 1 amide bonds. The number of likely N-dealkylation sites (tertiary alicyclic amines) is 1. The molecule has 0 radical (unpaired) electrons. The van der Waals surface area contributed by atoms with E-state index in [-0.39, 0.29) is 15.8 Å². The van der Waals surface area contributed by atoms with Crippen LogP contribution in [0.25, 0.3) is 0 Å². The normalized spacial score (nSPS) is 22.1. The molecule has 8 heteroatoms. The van der Waals surface area contributed by atoms with Crippen molar-refractivity contribution in [1.29, 1.82) is 0 Å². The summed E-state index contributed by atoms with van der Waals surface area (Å²) in [7, 11) is -3.70. The topological polar surface area (TPSA) is 69.7 Å². The number of halogens is 1. The van der Waals surface area contributed by atoms with Gasteiger partial charge in [-0.15, -0.1) is 0 Å². The molecule has 0 saturated carbocycles. The molecule has 0 aliphatic carbocycles. The number of likely N-dealkylation sites (N-methyl/N-ethyl adjacent to an activating group) is 1. The molecule has 0 aromatic heterocycles. The van der Waals surface area contributed by atoms with Gasteiger partial charge in [0.15, 0.2) is 0 Å². The van der Waals surface area contributed by atoms with Crippen molar-refractivity contribution in [3.05, 3.63) is 28.8 Å². The van der Waals surface area contributed by atoms with Crippen LogP contribution in [0, 0.1) is 0 Å². The predicted molar refractivity (Wildman–Crippen MR) is 111 cm³/mol. The summed E-state index contributed by atoms with van der Waals surface area (Å²) in [4.78, 5) is 15.0. The van der Waals surface area contributed by atoms with E-state index in [1.54, 1.807) is 6.07 Å². The van der Waals surface area contributed by atoms with E-state index in [1.807, 2.05) is 0 Å². The molecule has 0 bridgehead atoms. The van der Waals surface area contributed by atoms with Crippen LogP contribution in [-0.2, 0) is 10.0 Å². The van der Waals surface area contributed by atoms with Crippen LogP contribution in [0.4, 0.5) is 0 Å². The highest BCUT2D eigenvalue weighted by atomic mass is 35.5. The van der Waals surface area contributed by atoms with Crippen LogP contribution in [0.3, 0.4) is 0 Å². The summed E-state index contributed by atoms with van der Waals surface area (Å²) in [6, 6.07) is 4.87. The molecule has 3 rings (SSSR count). The number of sulfonamides is 1. The van der Waals surface area contributed by atoms with Crippen LogP contribution >= 0.6 is 11.6 Å². The second kappa shape index (κ2) is 9.57. The van der Waals surface area contributed by atoms with Gasteiger partial charge in [0.05, 0.1) is 5.02 Å². The van der Waals surface area contributed by atoms with E-state index < -0.39 is 10.0 Å². The van der Waals surface area contributed by atoms with E-state index in [4.69, 9.17) is 11.6 Å². The Bertz CT molecular complexity index is 792. The molecule has 1 aromatic carbocycles. The van der Waals surface area contributed by atoms with Crippen LogP contribution in [0.2, 0.25) is 5.02 Å². The monoisotopic (exact) mass is 427 g/mol. The SMILES string of the molecule is CCN1CCC[C@H]1CNC(=O)c1ccc(Cl)c(S(=O)(=O)N2CCCCCC2)c1. The highest BCUT2D eigenvalue weighted by Crippen LogP contribution is 2.27. The standard InChI is InChI=1S/C20H30ClN3O3S/c1-2-23-11-7-8-17(23)15-22-20(25)16-9-10-18(21)19(14-16)28(26,27)24-12-5-3-4-6-13-24/h9-10,14,17H,2-8,11-13,15H2,1H3,(H,22,25)/t17-/m0/s1. The van der Waals surface area contributed by atoms with Crippen molar-refractivity contribution < 1.29 is 13.2 Å². The van der Waals surface area contributed by atoms with Gasteiger partial charge in [-0.3, -0.25) is 9.69 Å². The van der Waals surface area contributed by atoms with E-state index in [0.717, 1.165) is 51.6 Å². The molecule has 0 unspecified atom stereocenters. The minimum absolute atomic E-state index is 0.0276. The smallest absolute Gasteiger partial charge is 0.251 e. The van der Waals surface area contributed by atoms with Crippen molar-refractivity contribution in [2.45, 2.75) is 56.4 Å². The quantitative estimate of drug-likeness (QED) is 0.757. The van der Waals surface area contributed by atoms with Crippen molar-refractivity contribution in [1.82, 2.24) is 14.5 Å². The Labute approximate surface area is 173 Å². The Hall–Kier alpha value is -1.15. The predicted octanol–water partition coefficient (Wildman–Crippen LogP) is 3.12. The lowest BCUT2D eigenvalue weighted by Crippen LogP contribution is -2.40. The van der Waals surface area contributed by atoms with Gasteiger partial charge in [0.1, 0.15) is 4.90 Å².